The van der Waals surface area contributed by atoms with Crippen LogP contribution in [0.3, 0.4) is 0 Å². The van der Waals surface area contributed by atoms with Crippen molar-refractivity contribution >= 4 is 45.4 Å². The number of halogens is 1. The molecule has 5 N–H and O–H groups in total. The van der Waals surface area contributed by atoms with Gasteiger partial charge in [-0.05, 0) is 44.5 Å². The van der Waals surface area contributed by atoms with Gasteiger partial charge in [0, 0.05) is 33.9 Å². The molecule has 178 valence electrons. The van der Waals surface area contributed by atoms with Crippen LogP contribution in [0.25, 0.3) is 33.3 Å². The van der Waals surface area contributed by atoms with Gasteiger partial charge in [0.2, 0.25) is 0 Å². The van der Waals surface area contributed by atoms with Gasteiger partial charge in [-0.1, -0.05) is 11.6 Å². The Morgan fingerprint density at radius 1 is 1.29 bits per heavy atom. The number of anilines is 1. The Labute approximate surface area is 205 Å². The summed E-state index contributed by atoms with van der Waals surface area (Å²) in [6.07, 6.45) is 4.94. The van der Waals surface area contributed by atoms with Gasteiger partial charge >= 0.3 is 0 Å². The predicted octanol–water partition coefficient (Wildman–Crippen LogP) is 4.02. The first-order valence-corrected chi connectivity index (χ1v) is 11.4. The molecule has 5 rings (SSSR count). The highest BCUT2D eigenvalue weighted by Gasteiger charge is 2.27. The van der Waals surface area contributed by atoms with Crippen LogP contribution in [0.5, 0.6) is 5.75 Å². The molecule has 0 fully saturated rings. The van der Waals surface area contributed by atoms with Crippen LogP contribution in [0.1, 0.15) is 41.4 Å². The summed E-state index contributed by atoms with van der Waals surface area (Å²) in [7, 11) is 0. The Hall–Kier alpha value is -4.18. The van der Waals surface area contributed by atoms with E-state index in [1.807, 2.05) is 32.2 Å². The molecule has 0 spiro atoms. The Bertz CT molecular complexity index is 1610. The van der Waals surface area contributed by atoms with Crippen LogP contribution in [0.4, 0.5) is 5.82 Å². The molecule has 4 heterocycles. The lowest BCUT2D eigenvalue weighted by atomic mass is 9.98. The van der Waals surface area contributed by atoms with E-state index in [4.69, 9.17) is 32.9 Å². The van der Waals surface area contributed by atoms with Gasteiger partial charge in [0.25, 0.3) is 5.91 Å². The van der Waals surface area contributed by atoms with Gasteiger partial charge in [0.05, 0.1) is 23.6 Å². The minimum Gasteiger partial charge on any atom is -0.493 e. The van der Waals surface area contributed by atoms with Crippen molar-refractivity contribution in [3.05, 3.63) is 58.6 Å². The Morgan fingerprint density at radius 3 is 2.83 bits per heavy atom. The van der Waals surface area contributed by atoms with E-state index in [0.29, 0.717) is 51.1 Å². The van der Waals surface area contributed by atoms with Crippen molar-refractivity contribution in [1.82, 2.24) is 29.7 Å². The zero-order valence-electron chi connectivity index (χ0n) is 19.3. The number of nitrogens with zero attached hydrogens (tertiary/aromatic N) is 5. The summed E-state index contributed by atoms with van der Waals surface area (Å²) >= 11 is 6.51. The zero-order valence-corrected chi connectivity index (χ0v) is 20.1. The number of fused-ring (bicyclic) bond motifs is 2. The van der Waals surface area contributed by atoms with E-state index in [9.17, 15) is 4.79 Å². The number of rotatable bonds is 6. The fourth-order valence-corrected chi connectivity index (χ4v) is 4.53. The first-order chi connectivity index (χ1) is 16.8. The second kappa shape index (κ2) is 8.55. The predicted molar refractivity (Wildman–Crippen MR) is 135 cm³/mol. The molecular formula is C24H23ClN8O2. The lowest BCUT2D eigenvalue weighted by Crippen LogP contribution is -2.19. The number of carbonyl (C=O) groups excluding carboxylic acids is 1. The van der Waals surface area contributed by atoms with Crippen LogP contribution in [-0.4, -0.2) is 42.2 Å². The number of carbonyl (C=O) groups is 1. The molecule has 10 nitrogen and oxygen atoms in total. The summed E-state index contributed by atoms with van der Waals surface area (Å²) in [4.78, 5) is 28.6. The summed E-state index contributed by atoms with van der Waals surface area (Å²) in [5.41, 5.74) is 16.1. The number of aromatic nitrogens is 6. The number of hydrogen-bond donors (Lipinski definition) is 3. The van der Waals surface area contributed by atoms with E-state index in [0.717, 1.165) is 16.6 Å². The van der Waals surface area contributed by atoms with Gasteiger partial charge in [-0.3, -0.25) is 4.79 Å². The van der Waals surface area contributed by atoms with Crippen LogP contribution >= 0.6 is 11.6 Å². The SMILES string of the molecule is CCOc1c(C(C)n2nc(-c3cnc4[nH]ccc4c3)c3c(N)ncnc32)cc(Cl)c(C)c1C(N)=O. The quantitative estimate of drug-likeness (QED) is 0.325. The van der Waals surface area contributed by atoms with Gasteiger partial charge in [0.1, 0.15) is 29.2 Å². The number of benzene rings is 1. The molecule has 11 heteroatoms. The molecule has 1 atom stereocenters. The summed E-state index contributed by atoms with van der Waals surface area (Å²) in [5, 5.41) is 6.82. The highest BCUT2D eigenvalue weighted by atomic mass is 35.5. The van der Waals surface area contributed by atoms with Crippen molar-refractivity contribution in [3.8, 4) is 17.0 Å². The Kier molecular flexibility index (Phi) is 5.52. The zero-order chi connectivity index (χ0) is 24.9. The molecule has 0 aliphatic heterocycles. The lowest BCUT2D eigenvalue weighted by molar-refractivity contribution is 0.0995. The maximum atomic E-state index is 12.3. The van der Waals surface area contributed by atoms with Crippen molar-refractivity contribution in [2.24, 2.45) is 5.73 Å². The molecule has 5 aromatic rings. The van der Waals surface area contributed by atoms with Gasteiger partial charge in [-0.15, -0.1) is 0 Å². The molecule has 1 amide bonds. The molecular weight excluding hydrogens is 468 g/mol. The highest BCUT2D eigenvalue weighted by Crippen LogP contribution is 2.40. The van der Waals surface area contributed by atoms with E-state index < -0.39 is 11.9 Å². The van der Waals surface area contributed by atoms with Crippen LogP contribution in [0.2, 0.25) is 5.02 Å². The molecule has 0 aliphatic carbocycles. The van der Waals surface area contributed by atoms with Gasteiger partial charge in [-0.25, -0.2) is 19.6 Å². The van der Waals surface area contributed by atoms with E-state index in [1.165, 1.54) is 6.33 Å². The van der Waals surface area contributed by atoms with Crippen LogP contribution in [0, 0.1) is 6.92 Å². The largest absolute Gasteiger partial charge is 0.493 e. The Balaban J connectivity index is 1.76. The minimum absolute atomic E-state index is 0.245. The molecule has 0 aliphatic rings. The number of ether oxygens (including phenoxy) is 1. The maximum Gasteiger partial charge on any atom is 0.252 e. The highest BCUT2D eigenvalue weighted by molar-refractivity contribution is 6.32. The normalized spacial score (nSPS) is 12.3. The monoisotopic (exact) mass is 490 g/mol. The van der Waals surface area contributed by atoms with Crippen molar-refractivity contribution in [2.45, 2.75) is 26.8 Å². The maximum absolute atomic E-state index is 12.3. The third-order valence-corrected chi connectivity index (χ3v) is 6.44. The van der Waals surface area contributed by atoms with Gasteiger partial charge in [-0.2, -0.15) is 5.10 Å². The number of H-pyrrole nitrogens is 1. The van der Waals surface area contributed by atoms with Crippen molar-refractivity contribution in [2.75, 3.05) is 12.3 Å². The summed E-state index contributed by atoms with van der Waals surface area (Å²) in [5.74, 6) is 0.0461. The number of hydrogen-bond acceptors (Lipinski definition) is 7. The minimum atomic E-state index is -0.620. The third kappa shape index (κ3) is 3.62. The van der Waals surface area contributed by atoms with Gasteiger partial charge in [0.15, 0.2) is 5.65 Å². The molecule has 0 saturated heterocycles. The van der Waals surface area contributed by atoms with E-state index in [1.54, 1.807) is 23.9 Å². The standard InChI is InChI=1S/C24H23ClN8O2/c1-4-35-20-15(8-16(25)11(2)17(20)22(27)34)12(3)33-24-18(21(26)30-10-31-24)19(32-33)14-7-13-5-6-28-23(13)29-9-14/h5-10,12H,4H2,1-3H3,(H2,27,34)(H,28,29)(H2,26,30,31). The van der Waals surface area contributed by atoms with Gasteiger partial charge < -0.3 is 21.2 Å². The molecule has 0 radical (unpaired) electrons. The summed E-state index contributed by atoms with van der Waals surface area (Å²) in [6.45, 7) is 5.82. The first-order valence-electron chi connectivity index (χ1n) is 11.0. The molecule has 0 saturated carbocycles. The van der Waals surface area contributed by atoms with Crippen LogP contribution in [-0.2, 0) is 0 Å². The third-order valence-electron chi connectivity index (χ3n) is 6.05. The average Bonchev–Trinajstić information content (AvgIpc) is 3.46. The number of aromatic amines is 1. The number of nitrogens with two attached hydrogens (primary N) is 2. The van der Waals surface area contributed by atoms with Crippen LogP contribution in [0.15, 0.2) is 36.9 Å². The molecule has 1 unspecified atom stereocenters. The number of amides is 1. The smallest absolute Gasteiger partial charge is 0.252 e. The summed E-state index contributed by atoms with van der Waals surface area (Å²) < 4.78 is 7.62. The first kappa shape index (κ1) is 22.6. The fourth-order valence-electron chi connectivity index (χ4n) is 4.32. The summed E-state index contributed by atoms with van der Waals surface area (Å²) in [6, 6.07) is 5.23. The van der Waals surface area contributed by atoms with E-state index >= 15 is 0 Å². The number of nitrogen functional groups attached to an aromatic ring is 1. The lowest BCUT2D eigenvalue weighted by Gasteiger charge is -2.21. The second-order valence-electron chi connectivity index (χ2n) is 8.14. The number of nitrogens with one attached hydrogen (secondary N) is 1. The number of pyridine rings is 1. The fraction of sp³-hybridized carbons (Fsp3) is 0.208. The van der Waals surface area contributed by atoms with E-state index in [-0.39, 0.29) is 5.56 Å². The van der Waals surface area contributed by atoms with Crippen molar-refractivity contribution in [1.29, 1.82) is 0 Å². The van der Waals surface area contributed by atoms with E-state index in [2.05, 4.69) is 19.9 Å². The van der Waals surface area contributed by atoms with Crippen molar-refractivity contribution < 1.29 is 9.53 Å². The Morgan fingerprint density at radius 2 is 2.09 bits per heavy atom. The molecule has 35 heavy (non-hydrogen) atoms. The topological polar surface area (TPSA) is 151 Å². The molecule has 1 aromatic carbocycles. The molecule has 0 bridgehead atoms. The average molecular weight is 491 g/mol. The van der Waals surface area contributed by atoms with Crippen molar-refractivity contribution in [3.63, 3.8) is 0 Å². The number of primary amides is 1. The van der Waals surface area contributed by atoms with Crippen LogP contribution < -0.4 is 16.2 Å². The molecule has 4 aromatic heterocycles. The second-order valence-corrected chi connectivity index (χ2v) is 8.55.